The summed E-state index contributed by atoms with van der Waals surface area (Å²) in [5.41, 5.74) is 3.08. The Kier molecular flexibility index (Phi) is 6.06. The molecule has 31 heavy (non-hydrogen) atoms. The van der Waals surface area contributed by atoms with Crippen LogP contribution >= 0.6 is 0 Å². The fourth-order valence-electron chi connectivity index (χ4n) is 3.03. The summed E-state index contributed by atoms with van der Waals surface area (Å²) in [4.78, 5) is 8.86. The third-order valence-corrected chi connectivity index (χ3v) is 7.87. The summed E-state index contributed by atoms with van der Waals surface area (Å²) in [6.45, 7) is 8.17. The molecule has 0 aliphatic carbocycles. The second kappa shape index (κ2) is 8.27. The molecule has 0 bridgehead atoms. The van der Waals surface area contributed by atoms with Gasteiger partial charge in [-0.2, -0.15) is 10.1 Å². The van der Waals surface area contributed by atoms with Crippen LogP contribution in [0.15, 0.2) is 35.4 Å². The van der Waals surface area contributed by atoms with Crippen molar-refractivity contribution in [2.24, 2.45) is 7.05 Å². The molecule has 0 amide bonds. The number of hydrogen-bond donors (Lipinski definition) is 3. The van der Waals surface area contributed by atoms with Gasteiger partial charge in [0.15, 0.2) is 9.84 Å². The van der Waals surface area contributed by atoms with Crippen LogP contribution in [0.3, 0.4) is 0 Å². The monoisotopic (exact) mass is 444 g/mol. The minimum Gasteiger partial charge on any atom is -0.395 e. The van der Waals surface area contributed by atoms with Crippen LogP contribution in [0.25, 0.3) is 0 Å². The van der Waals surface area contributed by atoms with Gasteiger partial charge in [-0.1, -0.05) is 6.07 Å². The van der Waals surface area contributed by atoms with Gasteiger partial charge in [-0.3, -0.25) is 4.68 Å². The zero-order valence-electron chi connectivity index (χ0n) is 18.6. The molecule has 0 radical (unpaired) electrons. The number of aromatic nitrogens is 4. The Hall–Kier alpha value is -2.98. The number of aryl methyl sites for hydroxylation is 3. The van der Waals surface area contributed by atoms with Crippen molar-refractivity contribution in [3.63, 3.8) is 0 Å². The molecule has 0 saturated carbocycles. The average Bonchev–Trinajstić information content (AvgIpc) is 2.95. The van der Waals surface area contributed by atoms with E-state index < -0.39 is 21.2 Å². The number of aliphatic hydroxyl groups is 1. The van der Waals surface area contributed by atoms with Gasteiger partial charge in [-0.15, -0.1) is 0 Å². The molecule has 3 rings (SSSR count). The number of hydrogen-bond acceptors (Lipinski definition) is 8. The lowest BCUT2D eigenvalue weighted by Gasteiger charge is -2.23. The molecule has 1 aromatic carbocycles. The lowest BCUT2D eigenvalue weighted by Crippen LogP contribution is -2.36. The number of anilines is 4. The summed E-state index contributed by atoms with van der Waals surface area (Å²) < 4.78 is 26.4. The lowest BCUT2D eigenvalue weighted by atomic mass is 10.2. The first-order valence-electron chi connectivity index (χ1n) is 9.79. The predicted octanol–water partition coefficient (Wildman–Crippen LogP) is 3.17. The molecular formula is C21H28N6O3S. The molecule has 2 heterocycles. The van der Waals surface area contributed by atoms with Crippen molar-refractivity contribution >= 4 is 33.1 Å². The topological polar surface area (TPSA) is 122 Å². The van der Waals surface area contributed by atoms with E-state index in [9.17, 15) is 13.5 Å². The smallest absolute Gasteiger partial charge is 0.229 e. The summed E-state index contributed by atoms with van der Waals surface area (Å²) in [5.74, 6) is 1.72. The van der Waals surface area contributed by atoms with Gasteiger partial charge in [0, 0.05) is 24.5 Å². The van der Waals surface area contributed by atoms with E-state index in [-0.39, 0.29) is 4.90 Å². The van der Waals surface area contributed by atoms with Crippen LogP contribution in [0.2, 0.25) is 0 Å². The Morgan fingerprint density at radius 1 is 1.13 bits per heavy atom. The zero-order valence-corrected chi connectivity index (χ0v) is 19.4. The van der Waals surface area contributed by atoms with E-state index in [4.69, 9.17) is 0 Å². The van der Waals surface area contributed by atoms with Crippen molar-refractivity contribution in [1.82, 2.24) is 19.7 Å². The number of benzene rings is 1. The van der Waals surface area contributed by atoms with E-state index in [1.807, 2.05) is 20.9 Å². The summed E-state index contributed by atoms with van der Waals surface area (Å²) >= 11 is 0. The van der Waals surface area contributed by atoms with E-state index in [2.05, 4.69) is 25.7 Å². The summed E-state index contributed by atoms with van der Waals surface area (Å²) in [6.07, 6.45) is 1.61. The molecule has 10 heteroatoms. The van der Waals surface area contributed by atoms with E-state index in [1.54, 1.807) is 42.1 Å². The van der Waals surface area contributed by atoms with Gasteiger partial charge < -0.3 is 15.7 Å². The van der Waals surface area contributed by atoms with Crippen LogP contribution in [-0.2, 0) is 16.9 Å². The van der Waals surface area contributed by atoms with Crippen molar-refractivity contribution in [3.05, 3.63) is 47.3 Å². The summed E-state index contributed by atoms with van der Waals surface area (Å²) in [7, 11) is -1.89. The highest BCUT2D eigenvalue weighted by atomic mass is 32.2. The Morgan fingerprint density at radius 2 is 1.84 bits per heavy atom. The molecule has 3 aromatic rings. The highest BCUT2D eigenvalue weighted by Crippen LogP contribution is 2.30. The molecule has 3 N–H and O–H groups in total. The van der Waals surface area contributed by atoms with Gasteiger partial charge in [-0.25, -0.2) is 13.4 Å². The quantitative estimate of drug-likeness (QED) is 0.508. The third-order valence-electron chi connectivity index (χ3n) is 5.27. The number of sulfone groups is 1. The number of rotatable bonds is 7. The molecule has 0 aliphatic rings. The Labute approximate surface area is 182 Å². The van der Waals surface area contributed by atoms with E-state index in [1.165, 1.54) is 13.8 Å². The SMILES string of the molecule is Cc1ccc(Nc2nccc(Nc3c(C)c(C)nn3C)n2)cc1S(=O)(=O)C(C)(C)CO. The minimum atomic E-state index is -3.74. The van der Waals surface area contributed by atoms with Crippen LogP contribution in [0.5, 0.6) is 0 Å². The first kappa shape index (κ1) is 22.7. The second-order valence-corrected chi connectivity index (χ2v) is 10.7. The standard InChI is InChI=1S/C21H28N6O3S/c1-13-7-8-16(11-17(13)31(29,30)21(4,5)12-28)23-20-22-10-9-18(25-20)24-19-14(2)15(3)26-27(19)6/h7-11,28H,12H2,1-6H3,(H2,22,23,24,25). The molecule has 0 atom stereocenters. The largest absolute Gasteiger partial charge is 0.395 e. The molecule has 9 nitrogen and oxygen atoms in total. The average molecular weight is 445 g/mol. The van der Waals surface area contributed by atoms with Crippen molar-refractivity contribution < 1.29 is 13.5 Å². The Bertz CT molecular complexity index is 1220. The van der Waals surface area contributed by atoms with Gasteiger partial charge >= 0.3 is 0 Å². The molecule has 0 aliphatic heterocycles. The van der Waals surface area contributed by atoms with Gasteiger partial charge in [0.05, 0.1) is 21.9 Å². The summed E-state index contributed by atoms with van der Waals surface area (Å²) in [5, 5.41) is 20.2. The maximum atomic E-state index is 13.0. The molecule has 0 unspecified atom stereocenters. The lowest BCUT2D eigenvalue weighted by molar-refractivity contribution is 0.258. The second-order valence-electron chi connectivity index (χ2n) is 8.10. The van der Waals surface area contributed by atoms with Crippen LogP contribution in [0, 0.1) is 20.8 Å². The van der Waals surface area contributed by atoms with Crippen molar-refractivity contribution in [1.29, 1.82) is 0 Å². The van der Waals surface area contributed by atoms with Crippen LogP contribution in [0.4, 0.5) is 23.3 Å². The molecule has 0 saturated heterocycles. The zero-order chi connectivity index (χ0) is 23.0. The van der Waals surface area contributed by atoms with Crippen LogP contribution < -0.4 is 10.6 Å². The van der Waals surface area contributed by atoms with Crippen LogP contribution in [0.1, 0.15) is 30.7 Å². The molecule has 2 aromatic heterocycles. The minimum absolute atomic E-state index is 0.159. The van der Waals surface area contributed by atoms with Crippen LogP contribution in [-0.4, -0.2) is 44.6 Å². The number of nitrogens with one attached hydrogen (secondary N) is 2. The summed E-state index contributed by atoms with van der Waals surface area (Å²) in [6, 6.07) is 6.76. The van der Waals surface area contributed by atoms with Crippen molar-refractivity contribution in [2.45, 2.75) is 44.3 Å². The first-order valence-corrected chi connectivity index (χ1v) is 11.3. The number of aliphatic hydroxyl groups excluding tert-OH is 1. The van der Waals surface area contributed by atoms with Crippen molar-refractivity contribution in [2.75, 3.05) is 17.2 Å². The highest BCUT2D eigenvalue weighted by molar-refractivity contribution is 7.92. The van der Waals surface area contributed by atoms with E-state index in [0.29, 0.717) is 23.0 Å². The maximum absolute atomic E-state index is 13.0. The fourth-order valence-corrected chi connectivity index (χ4v) is 4.57. The number of nitrogens with zero attached hydrogens (tertiary/aromatic N) is 4. The van der Waals surface area contributed by atoms with E-state index in [0.717, 1.165) is 17.1 Å². The van der Waals surface area contributed by atoms with Gasteiger partial charge in [0.1, 0.15) is 11.6 Å². The highest BCUT2D eigenvalue weighted by Gasteiger charge is 2.36. The maximum Gasteiger partial charge on any atom is 0.229 e. The predicted molar refractivity (Wildman–Crippen MR) is 121 cm³/mol. The van der Waals surface area contributed by atoms with E-state index >= 15 is 0 Å². The molecular weight excluding hydrogens is 416 g/mol. The van der Waals surface area contributed by atoms with Gasteiger partial charge in [0.2, 0.25) is 5.95 Å². The Balaban J connectivity index is 1.90. The van der Waals surface area contributed by atoms with Gasteiger partial charge in [0.25, 0.3) is 0 Å². The third kappa shape index (κ3) is 4.40. The fraction of sp³-hybridized carbons (Fsp3) is 0.381. The molecule has 0 fully saturated rings. The molecule has 166 valence electrons. The molecule has 0 spiro atoms. The first-order chi connectivity index (χ1) is 14.5. The Morgan fingerprint density at radius 3 is 2.45 bits per heavy atom. The van der Waals surface area contributed by atoms with Gasteiger partial charge in [-0.05, 0) is 58.4 Å². The van der Waals surface area contributed by atoms with Crippen molar-refractivity contribution in [3.8, 4) is 0 Å². The normalized spacial score (nSPS) is 12.1.